The highest BCUT2D eigenvalue weighted by Crippen LogP contribution is 2.33. The topological polar surface area (TPSA) is 20.2 Å². The van der Waals surface area contributed by atoms with Gasteiger partial charge in [-0.25, -0.2) is 0 Å². The minimum Gasteiger partial charge on any atom is -0.392 e. The number of hydrogen-bond donors (Lipinski definition) is 1. The van der Waals surface area contributed by atoms with Gasteiger partial charge in [-0.1, -0.05) is 36.4 Å². The fourth-order valence-electron chi connectivity index (χ4n) is 1.84. The van der Waals surface area contributed by atoms with Crippen molar-refractivity contribution in [3.8, 4) is 0 Å². The molecule has 0 aliphatic heterocycles. The molecule has 0 saturated heterocycles. The summed E-state index contributed by atoms with van der Waals surface area (Å²) in [6.07, 6.45) is -5.19. The first-order chi connectivity index (χ1) is 8.29. The molecule has 0 aromatic heterocycles. The number of aliphatic hydroxyl groups is 1. The molecule has 1 N–H and O–H groups in total. The summed E-state index contributed by atoms with van der Waals surface area (Å²) in [6, 6.07) is 8.94. The molecule has 0 unspecified atom stereocenters. The number of halogens is 3. The monoisotopic (exact) mass is 258 g/mol. The maximum Gasteiger partial charge on any atom is 0.389 e. The van der Waals surface area contributed by atoms with Crippen molar-refractivity contribution in [1.29, 1.82) is 0 Å². The second-order valence-corrected chi connectivity index (χ2v) is 4.52. The summed E-state index contributed by atoms with van der Waals surface area (Å²) in [6.45, 7) is 5.32. The quantitative estimate of drug-likeness (QED) is 0.796. The Morgan fingerprint density at radius 1 is 1.28 bits per heavy atom. The van der Waals surface area contributed by atoms with Crippen LogP contribution >= 0.6 is 0 Å². The van der Waals surface area contributed by atoms with Crippen molar-refractivity contribution in [2.45, 2.75) is 37.5 Å². The number of rotatable bonds is 5. The Balaban J connectivity index is 2.85. The zero-order valence-electron chi connectivity index (χ0n) is 10.2. The largest absolute Gasteiger partial charge is 0.392 e. The van der Waals surface area contributed by atoms with E-state index in [2.05, 4.69) is 6.58 Å². The first-order valence-corrected chi connectivity index (χ1v) is 5.73. The molecule has 0 heterocycles. The molecular formula is C14H17F3O. The van der Waals surface area contributed by atoms with E-state index >= 15 is 0 Å². The summed E-state index contributed by atoms with van der Waals surface area (Å²) in [4.78, 5) is 0. The van der Waals surface area contributed by atoms with Gasteiger partial charge in [-0.3, -0.25) is 0 Å². The van der Waals surface area contributed by atoms with E-state index < -0.39 is 24.1 Å². The molecule has 4 heteroatoms. The molecule has 0 aliphatic carbocycles. The molecule has 0 fully saturated rings. The maximum atomic E-state index is 12.2. The summed E-state index contributed by atoms with van der Waals surface area (Å²) in [7, 11) is 0. The van der Waals surface area contributed by atoms with Gasteiger partial charge in [0.2, 0.25) is 0 Å². The predicted octanol–water partition coefficient (Wildman–Crippen LogP) is 3.83. The molecule has 100 valence electrons. The van der Waals surface area contributed by atoms with E-state index in [4.69, 9.17) is 0 Å². The molecule has 1 aromatic rings. The fourth-order valence-corrected chi connectivity index (χ4v) is 1.84. The average molecular weight is 258 g/mol. The van der Waals surface area contributed by atoms with Gasteiger partial charge in [0.25, 0.3) is 0 Å². The van der Waals surface area contributed by atoms with Gasteiger partial charge >= 0.3 is 6.18 Å². The Labute approximate surface area is 105 Å². The predicted molar refractivity (Wildman–Crippen MR) is 65.3 cm³/mol. The van der Waals surface area contributed by atoms with Crippen molar-refractivity contribution in [2.24, 2.45) is 0 Å². The van der Waals surface area contributed by atoms with Crippen LogP contribution in [0.2, 0.25) is 0 Å². The lowest BCUT2D eigenvalue weighted by atomic mass is 9.76. The van der Waals surface area contributed by atoms with Crippen LogP contribution in [0.15, 0.2) is 43.0 Å². The van der Waals surface area contributed by atoms with Crippen LogP contribution in [0.3, 0.4) is 0 Å². The Kier molecular flexibility index (Phi) is 4.57. The van der Waals surface area contributed by atoms with E-state index in [0.29, 0.717) is 0 Å². The van der Waals surface area contributed by atoms with Crippen molar-refractivity contribution in [2.75, 3.05) is 0 Å². The zero-order chi connectivity index (χ0) is 13.8. The van der Waals surface area contributed by atoms with Crippen LogP contribution in [0.5, 0.6) is 0 Å². The molecule has 2 atom stereocenters. The summed E-state index contributed by atoms with van der Waals surface area (Å²) in [5, 5.41) is 10.0. The van der Waals surface area contributed by atoms with E-state index in [0.717, 1.165) is 5.56 Å². The minimum absolute atomic E-state index is 0.332. The van der Waals surface area contributed by atoms with E-state index in [1.54, 1.807) is 31.2 Å². The molecule has 1 nitrogen and oxygen atoms in total. The Hall–Kier alpha value is -1.29. The standard InChI is InChI=1S/C14H17F3O/c1-3-13(2,11-7-5-4-6-8-11)12(18)9-10-14(15,16)17/h3-8,12,18H,1,9-10H2,2H3/t12-,13-/m1/s1. The Morgan fingerprint density at radius 3 is 2.28 bits per heavy atom. The average Bonchev–Trinajstić information content (AvgIpc) is 2.35. The third kappa shape index (κ3) is 3.60. The number of benzene rings is 1. The Bertz CT molecular complexity index is 386. The van der Waals surface area contributed by atoms with Crippen molar-refractivity contribution < 1.29 is 18.3 Å². The summed E-state index contributed by atoms with van der Waals surface area (Å²) in [5.41, 5.74) is -0.110. The highest BCUT2D eigenvalue weighted by atomic mass is 19.4. The van der Waals surface area contributed by atoms with E-state index in [1.807, 2.05) is 6.07 Å². The summed E-state index contributed by atoms with van der Waals surface area (Å²) < 4.78 is 36.5. The molecule has 0 radical (unpaired) electrons. The van der Waals surface area contributed by atoms with Crippen LogP contribution in [0, 0.1) is 0 Å². The minimum atomic E-state index is -4.25. The van der Waals surface area contributed by atoms with Crippen LogP contribution in [0.4, 0.5) is 13.2 Å². The van der Waals surface area contributed by atoms with Crippen molar-refractivity contribution in [1.82, 2.24) is 0 Å². The normalized spacial score (nSPS) is 16.9. The lowest BCUT2D eigenvalue weighted by molar-refractivity contribution is -0.141. The summed E-state index contributed by atoms with van der Waals surface area (Å²) >= 11 is 0. The van der Waals surface area contributed by atoms with E-state index in [-0.39, 0.29) is 6.42 Å². The smallest absolute Gasteiger partial charge is 0.389 e. The molecule has 18 heavy (non-hydrogen) atoms. The third-order valence-electron chi connectivity index (χ3n) is 3.21. The fraction of sp³-hybridized carbons (Fsp3) is 0.429. The van der Waals surface area contributed by atoms with Gasteiger partial charge in [0.05, 0.1) is 6.10 Å². The van der Waals surface area contributed by atoms with Crippen LogP contribution < -0.4 is 0 Å². The van der Waals surface area contributed by atoms with Gasteiger partial charge < -0.3 is 5.11 Å². The Morgan fingerprint density at radius 2 is 1.83 bits per heavy atom. The summed E-state index contributed by atoms with van der Waals surface area (Å²) in [5.74, 6) is 0. The van der Waals surface area contributed by atoms with Gasteiger partial charge in [-0.05, 0) is 18.9 Å². The first kappa shape index (κ1) is 14.8. The second kappa shape index (κ2) is 5.57. The first-order valence-electron chi connectivity index (χ1n) is 5.73. The number of alkyl halides is 3. The molecule has 0 spiro atoms. The van der Waals surface area contributed by atoms with Gasteiger partial charge in [-0.15, -0.1) is 6.58 Å². The van der Waals surface area contributed by atoms with E-state index in [1.165, 1.54) is 6.08 Å². The van der Waals surface area contributed by atoms with Crippen molar-refractivity contribution in [3.05, 3.63) is 48.6 Å². The lowest BCUT2D eigenvalue weighted by Gasteiger charge is -2.32. The van der Waals surface area contributed by atoms with Gasteiger partial charge in [0, 0.05) is 11.8 Å². The highest BCUT2D eigenvalue weighted by Gasteiger charge is 2.35. The molecule has 0 amide bonds. The van der Waals surface area contributed by atoms with Crippen LogP contribution in [-0.2, 0) is 5.41 Å². The SMILES string of the molecule is C=C[C@](C)(c1ccccc1)[C@H](O)CCC(F)(F)F. The lowest BCUT2D eigenvalue weighted by Crippen LogP contribution is -2.35. The molecule has 0 aliphatic rings. The molecule has 1 rings (SSSR count). The maximum absolute atomic E-state index is 12.2. The highest BCUT2D eigenvalue weighted by molar-refractivity contribution is 5.30. The zero-order valence-corrected chi connectivity index (χ0v) is 10.2. The third-order valence-corrected chi connectivity index (χ3v) is 3.21. The second-order valence-electron chi connectivity index (χ2n) is 4.52. The van der Waals surface area contributed by atoms with Gasteiger partial charge in [0.1, 0.15) is 0 Å². The van der Waals surface area contributed by atoms with Gasteiger partial charge in [-0.2, -0.15) is 13.2 Å². The molecular weight excluding hydrogens is 241 g/mol. The molecule has 0 saturated carbocycles. The van der Waals surface area contributed by atoms with E-state index in [9.17, 15) is 18.3 Å². The number of aliphatic hydroxyl groups excluding tert-OH is 1. The molecule has 1 aromatic carbocycles. The van der Waals surface area contributed by atoms with Crippen LogP contribution in [0.25, 0.3) is 0 Å². The van der Waals surface area contributed by atoms with Crippen LogP contribution in [-0.4, -0.2) is 17.4 Å². The van der Waals surface area contributed by atoms with Crippen molar-refractivity contribution in [3.63, 3.8) is 0 Å². The molecule has 0 bridgehead atoms. The van der Waals surface area contributed by atoms with Gasteiger partial charge in [0.15, 0.2) is 0 Å². The van der Waals surface area contributed by atoms with Crippen LogP contribution in [0.1, 0.15) is 25.3 Å². The number of hydrogen-bond acceptors (Lipinski definition) is 1. The van der Waals surface area contributed by atoms with Crippen molar-refractivity contribution >= 4 is 0 Å².